The summed E-state index contributed by atoms with van der Waals surface area (Å²) in [6.45, 7) is 1.48. The lowest BCUT2D eigenvalue weighted by Crippen LogP contribution is -2.28. The van der Waals surface area contributed by atoms with Crippen LogP contribution in [0.2, 0.25) is 10.0 Å². The minimum absolute atomic E-state index is 0.142. The topological polar surface area (TPSA) is 42.0 Å². The van der Waals surface area contributed by atoms with Crippen LogP contribution in [0.3, 0.4) is 0 Å². The summed E-state index contributed by atoms with van der Waals surface area (Å²) in [5, 5.41) is 5.06. The first-order valence-electron chi connectivity index (χ1n) is 7.60. The Morgan fingerprint density at radius 3 is 2.46 bits per heavy atom. The van der Waals surface area contributed by atoms with Crippen molar-refractivity contribution < 1.29 is 4.79 Å². The number of pyridine rings is 1. The molecule has 122 valence electrons. The predicted molar refractivity (Wildman–Crippen MR) is 98.5 cm³/mol. The Morgan fingerprint density at radius 1 is 1.04 bits per heavy atom. The average Bonchev–Trinajstić information content (AvgIpc) is 2.54. The second-order valence-electron chi connectivity index (χ2n) is 5.59. The molecule has 0 saturated carbocycles. The Labute approximate surface area is 150 Å². The van der Waals surface area contributed by atoms with E-state index in [4.69, 9.17) is 23.2 Å². The van der Waals surface area contributed by atoms with Gasteiger partial charge in [0.25, 0.3) is 0 Å². The zero-order valence-electron chi connectivity index (χ0n) is 13.1. The van der Waals surface area contributed by atoms with Crippen LogP contribution >= 0.6 is 23.2 Å². The summed E-state index contributed by atoms with van der Waals surface area (Å²) < 4.78 is 0. The minimum atomic E-state index is -0.336. The quantitative estimate of drug-likeness (QED) is 0.715. The van der Waals surface area contributed by atoms with Crippen LogP contribution in [0, 0.1) is 0 Å². The number of rotatable bonds is 4. The van der Waals surface area contributed by atoms with Gasteiger partial charge in [0.1, 0.15) is 0 Å². The maximum absolute atomic E-state index is 11.6. The van der Waals surface area contributed by atoms with Gasteiger partial charge in [-0.25, -0.2) is 0 Å². The molecule has 0 fully saturated rings. The van der Waals surface area contributed by atoms with Crippen molar-refractivity contribution >= 4 is 40.0 Å². The maximum Gasteiger partial charge on any atom is 0.217 e. The molecule has 2 aromatic carbocycles. The number of carbonyl (C=O) groups excluding carboxylic acids is 1. The second kappa shape index (κ2) is 7.20. The maximum atomic E-state index is 11.6. The zero-order chi connectivity index (χ0) is 17.1. The van der Waals surface area contributed by atoms with Crippen LogP contribution in [-0.2, 0) is 11.2 Å². The fourth-order valence-electron chi connectivity index (χ4n) is 2.75. The molecule has 0 bridgehead atoms. The SMILES string of the molecule is CC(=O)NC(Cc1ccc2ccccc2n1)c1c(Cl)cccc1Cl. The molecule has 1 heterocycles. The van der Waals surface area contributed by atoms with E-state index in [0.29, 0.717) is 22.0 Å². The van der Waals surface area contributed by atoms with Gasteiger partial charge in [0.2, 0.25) is 5.91 Å². The number of para-hydroxylation sites is 1. The summed E-state index contributed by atoms with van der Waals surface area (Å²) in [6, 6.07) is 16.9. The molecule has 1 atom stereocenters. The number of fused-ring (bicyclic) bond motifs is 1. The molecule has 3 nitrogen and oxygen atoms in total. The standard InChI is InChI=1S/C19H16Cl2N2O/c1-12(24)22-18(19-15(20)6-4-7-16(19)21)11-14-10-9-13-5-2-3-8-17(13)23-14/h2-10,18H,11H2,1H3,(H,22,24). The molecule has 3 aromatic rings. The summed E-state index contributed by atoms with van der Waals surface area (Å²) in [5.41, 5.74) is 2.50. The minimum Gasteiger partial charge on any atom is -0.349 e. The van der Waals surface area contributed by atoms with Crippen molar-refractivity contribution in [1.82, 2.24) is 10.3 Å². The molecule has 3 rings (SSSR count). The van der Waals surface area contributed by atoms with Crippen LogP contribution in [0.25, 0.3) is 10.9 Å². The Balaban J connectivity index is 1.98. The molecule has 0 radical (unpaired) electrons. The molecule has 1 N–H and O–H groups in total. The highest BCUT2D eigenvalue weighted by Crippen LogP contribution is 2.32. The highest BCUT2D eigenvalue weighted by Gasteiger charge is 2.20. The molecular weight excluding hydrogens is 343 g/mol. The fourth-order valence-corrected chi connectivity index (χ4v) is 3.41. The van der Waals surface area contributed by atoms with Crippen molar-refractivity contribution in [1.29, 1.82) is 0 Å². The van der Waals surface area contributed by atoms with E-state index in [1.54, 1.807) is 18.2 Å². The molecule has 0 aliphatic heterocycles. The van der Waals surface area contributed by atoms with Gasteiger partial charge in [0.05, 0.1) is 11.6 Å². The van der Waals surface area contributed by atoms with E-state index in [2.05, 4.69) is 10.3 Å². The molecule has 1 amide bonds. The third-order valence-electron chi connectivity index (χ3n) is 3.80. The first-order chi connectivity index (χ1) is 11.5. The molecule has 0 aliphatic carbocycles. The Morgan fingerprint density at radius 2 is 1.75 bits per heavy atom. The van der Waals surface area contributed by atoms with E-state index in [9.17, 15) is 4.79 Å². The molecule has 24 heavy (non-hydrogen) atoms. The lowest BCUT2D eigenvalue weighted by Gasteiger charge is -2.20. The molecule has 0 aliphatic rings. The summed E-state index contributed by atoms with van der Waals surface area (Å²) >= 11 is 12.6. The lowest BCUT2D eigenvalue weighted by molar-refractivity contribution is -0.119. The van der Waals surface area contributed by atoms with Crippen molar-refractivity contribution in [2.75, 3.05) is 0 Å². The van der Waals surface area contributed by atoms with Crippen molar-refractivity contribution in [3.63, 3.8) is 0 Å². The first kappa shape index (κ1) is 16.7. The van der Waals surface area contributed by atoms with Crippen molar-refractivity contribution in [2.24, 2.45) is 0 Å². The largest absolute Gasteiger partial charge is 0.349 e. The van der Waals surface area contributed by atoms with Gasteiger partial charge in [0.15, 0.2) is 0 Å². The Hall–Kier alpha value is -2.10. The van der Waals surface area contributed by atoms with E-state index in [1.807, 2.05) is 36.4 Å². The van der Waals surface area contributed by atoms with Gasteiger partial charge in [-0.05, 0) is 24.3 Å². The first-order valence-corrected chi connectivity index (χ1v) is 8.36. The molecule has 0 saturated heterocycles. The Bertz CT molecular complexity index is 875. The molecule has 1 aromatic heterocycles. The summed E-state index contributed by atoms with van der Waals surface area (Å²) in [6.07, 6.45) is 0.508. The number of halogens is 2. The molecule has 0 spiro atoms. The fraction of sp³-hybridized carbons (Fsp3) is 0.158. The summed E-state index contributed by atoms with van der Waals surface area (Å²) in [5.74, 6) is -0.142. The monoisotopic (exact) mass is 358 g/mol. The third kappa shape index (κ3) is 3.69. The number of carbonyl (C=O) groups is 1. The van der Waals surface area contributed by atoms with Gasteiger partial charge in [-0.1, -0.05) is 53.5 Å². The number of nitrogens with zero attached hydrogens (tertiary/aromatic N) is 1. The number of hydrogen-bond acceptors (Lipinski definition) is 2. The predicted octanol–water partition coefficient (Wildman–Crippen LogP) is 4.96. The third-order valence-corrected chi connectivity index (χ3v) is 4.45. The van der Waals surface area contributed by atoms with Gasteiger partial charge < -0.3 is 5.32 Å². The van der Waals surface area contributed by atoms with Crippen molar-refractivity contribution in [2.45, 2.75) is 19.4 Å². The Kier molecular flexibility index (Phi) is 5.03. The number of hydrogen-bond donors (Lipinski definition) is 1. The van der Waals surface area contributed by atoms with Crippen LogP contribution in [0.4, 0.5) is 0 Å². The van der Waals surface area contributed by atoms with Crippen molar-refractivity contribution in [3.8, 4) is 0 Å². The van der Waals surface area contributed by atoms with E-state index in [1.165, 1.54) is 6.92 Å². The average molecular weight is 359 g/mol. The number of amides is 1. The van der Waals surface area contributed by atoms with Gasteiger partial charge >= 0.3 is 0 Å². The summed E-state index contributed by atoms with van der Waals surface area (Å²) in [4.78, 5) is 16.3. The van der Waals surface area contributed by atoms with Gasteiger partial charge in [0, 0.05) is 40.0 Å². The molecular formula is C19H16Cl2N2O. The lowest BCUT2D eigenvalue weighted by atomic mass is 10.0. The molecule has 1 unspecified atom stereocenters. The number of aromatic nitrogens is 1. The van der Waals surface area contributed by atoms with Crippen LogP contribution in [-0.4, -0.2) is 10.9 Å². The molecule has 5 heteroatoms. The summed E-state index contributed by atoms with van der Waals surface area (Å²) in [7, 11) is 0. The van der Waals surface area contributed by atoms with Crippen LogP contribution in [0.15, 0.2) is 54.6 Å². The van der Waals surface area contributed by atoms with E-state index >= 15 is 0 Å². The smallest absolute Gasteiger partial charge is 0.217 e. The van der Waals surface area contributed by atoms with Crippen LogP contribution < -0.4 is 5.32 Å². The highest BCUT2D eigenvalue weighted by atomic mass is 35.5. The second-order valence-corrected chi connectivity index (χ2v) is 6.40. The van der Waals surface area contributed by atoms with Crippen LogP contribution in [0.5, 0.6) is 0 Å². The number of benzene rings is 2. The van der Waals surface area contributed by atoms with E-state index < -0.39 is 0 Å². The normalized spacial score (nSPS) is 12.1. The van der Waals surface area contributed by atoms with Gasteiger partial charge in [-0.2, -0.15) is 0 Å². The zero-order valence-corrected chi connectivity index (χ0v) is 14.6. The number of nitrogens with one attached hydrogen (secondary N) is 1. The van der Waals surface area contributed by atoms with Crippen molar-refractivity contribution in [3.05, 3.63) is 75.9 Å². The van der Waals surface area contributed by atoms with Gasteiger partial charge in [-0.15, -0.1) is 0 Å². The van der Waals surface area contributed by atoms with Crippen LogP contribution in [0.1, 0.15) is 24.2 Å². The van der Waals surface area contributed by atoms with Gasteiger partial charge in [-0.3, -0.25) is 9.78 Å². The van der Waals surface area contributed by atoms with E-state index in [0.717, 1.165) is 16.6 Å². The highest BCUT2D eigenvalue weighted by molar-refractivity contribution is 6.36. The van der Waals surface area contributed by atoms with E-state index in [-0.39, 0.29) is 11.9 Å².